The molecule has 1 aromatic carbocycles. The van der Waals surface area contributed by atoms with E-state index in [1.807, 2.05) is 26.0 Å². The van der Waals surface area contributed by atoms with Gasteiger partial charge in [0.2, 0.25) is 0 Å². The van der Waals surface area contributed by atoms with Crippen LogP contribution >= 0.6 is 0 Å². The number of nitrogens with two attached hydrogens (primary N) is 1. The fourth-order valence-corrected chi connectivity index (χ4v) is 1.57. The standard InChI is InChI=1S/C13H16N4O3/c1-7-6-10(8(2)5-9(7)14)20-13-16-11(18-3)15-12(17-13)19-4/h5-6H,14H2,1-4H3. The lowest BCUT2D eigenvalue weighted by Gasteiger charge is -2.10. The number of hydrogen-bond donors (Lipinski definition) is 1. The molecule has 7 nitrogen and oxygen atoms in total. The molecule has 0 unspecified atom stereocenters. The first kappa shape index (κ1) is 13.9. The van der Waals surface area contributed by atoms with Crippen molar-refractivity contribution in [2.24, 2.45) is 0 Å². The second-order valence-electron chi connectivity index (χ2n) is 4.17. The molecule has 0 fully saturated rings. The van der Waals surface area contributed by atoms with Gasteiger partial charge in [0.15, 0.2) is 0 Å². The number of nitrogen functional groups attached to an aromatic ring is 1. The van der Waals surface area contributed by atoms with Crippen molar-refractivity contribution in [3.63, 3.8) is 0 Å². The van der Waals surface area contributed by atoms with Crippen molar-refractivity contribution < 1.29 is 14.2 Å². The van der Waals surface area contributed by atoms with Crippen LogP contribution in [0.15, 0.2) is 12.1 Å². The van der Waals surface area contributed by atoms with Gasteiger partial charge in [0, 0.05) is 5.69 Å². The van der Waals surface area contributed by atoms with Crippen molar-refractivity contribution in [3.05, 3.63) is 23.3 Å². The Hall–Kier alpha value is -2.57. The van der Waals surface area contributed by atoms with E-state index in [9.17, 15) is 0 Å². The van der Waals surface area contributed by atoms with Gasteiger partial charge in [-0.2, -0.15) is 0 Å². The number of rotatable bonds is 4. The van der Waals surface area contributed by atoms with Crippen LogP contribution in [0.3, 0.4) is 0 Å². The number of methoxy groups -OCH3 is 2. The van der Waals surface area contributed by atoms with Gasteiger partial charge in [-0.3, -0.25) is 0 Å². The van der Waals surface area contributed by atoms with Gasteiger partial charge in [-0.05, 0) is 37.1 Å². The maximum absolute atomic E-state index is 5.84. The predicted octanol–water partition coefficient (Wildman–Crippen LogP) is 1.88. The summed E-state index contributed by atoms with van der Waals surface area (Å²) >= 11 is 0. The molecular formula is C13H16N4O3. The lowest BCUT2D eigenvalue weighted by molar-refractivity contribution is 0.320. The Morgan fingerprint density at radius 2 is 1.40 bits per heavy atom. The molecule has 0 radical (unpaired) electrons. The zero-order valence-corrected chi connectivity index (χ0v) is 11.8. The zero-order valence-electron chi connectivity index (χ0n) is 11.8. The van der Waals surface area contributed by atoms with Crippen molar-refractivity contribution in [2.45, 2.75) is 13.8 Å². The molecular weight excluding hydrogens is 260 g/mol. The zero-order chi connectivity index (χ0) is 14.7. The molecule has 0 saturated carbocycles. The van der Waals surface area contributed by atoms with E-state index in [4.69, 9.17) is 19.9 Å². The second kappa shape index (κ2) is 5.60. The highest BCUT2D eigenvalue weighted by Gasteiger charge is 2.11. The third-order valence-corrected chi connectivity index (χ3v) is 2.70. The van der Waals surface area contributed by atoms with Gasteiger partial charge in [-0.25, -0.2) is 0 Å². The molecule has 0 bridgehead atoms. The van der Waals surface area contributed by atoms with Crippen LogP contribution in [0.5, 0.6) is 23.8 Å². The van der Waals surface area contributed by atoms with Gasteiger partial charge in [0.1, 0.15) is 5.75 Å². The molecule has 0 aliphatic rings. The summed E-state index contributed by atoms with van der Waals surface area (Å²) in [6.07, 6.45) is 0. The van der Waals surface area contributed by atoms with Crippen molar-refractivity contribution in [3.8, 4) is 23.8 Å². The maximum Gasteiger partial charge on any atom is 0.331 e. The fraction of sp³-hybridized carbons (Fsp3) is 0.308. The van der Waals surface area contributed by atoms with Crippen molar-refractivity contribution >= 4 is 5.69 Å². The Morgan fingerprint density at radius 3 is 1.95 bits per heavy atom. The summed E-state index contributed by atoms with van der Waals surface area (Å²) in [5.41, 5.74) is 8.34. The Kier molecular flexibility index (Phi) is 3.88. The molecule has 7 heteroatoms. The van der Waals surface area contributed by atoms with Crippen molar-refractivity contribution in [2.75, 3.05) is 20.0 Å². The normalized spacial score (nSPS) is 10.2. The minimum Gasteiger partial charge on any atom is -0.467 e. The first-order valence-corrected chi connectivity index (χ1v) is 5.92. The SMILES string of the molecule is COc1nc(OC)nc(Oc2cc(C)c(N)cc2C)n1. The van der Waals surface area contributed by atoms with Crippen molar-refractivity contribution in [1.82, 2.24) is 15.0 Å². The number of ether oxygens (including phenoxy) is 3. The van der Waals surface area contributed by atoms with E-state index in [1.54, 1.807) is 0 Å². The van der Waals surface area contributed by atoms with Gasteiger partial charge in [0.25, 0.3) is 0 Å². The highest BCUT2D eigenvalue weighted by Crippen LogP contribution is 2.28. The number of anilines is 1. The van der Waals surface area contributed by atoms with Crippen LogP contribution in [0.25, 0.3) is 0 Å². The number of benzene rings is 1. The molecule has 20 heavy (non-hydrogen) atoms. The molecule has 0 amide bonds. The molecule has 106 valence electrons. The number of hydrogen-bond acceptors (Lipinski definition) is 7. The molecule has 0 aliphatic carbocycles. The number of nitrogens with zero attached hydrogens (tertiary/aromatic N) is 3. The summed E-state index contributed by atoms with van der Waals surface area (Å²) < 4.78 is 15.6. The van der Waals surface area contributed by atoms with E-state index in [-0.39, 0.29) is 18.0 Å². The Balaban J connectivity index is 2.36. The monoisotopic (exact) mass is 276 g/mol. The van der Waals surface area contributed by atoms with Crippen LogP contribution in [0, 0.1) is 13.8 Å². The van der Waals surface area contributed by atoms with Crippen LogP contribution < -0.4 is 19.9 Å². The van der Waals surface area contributed by atoms with Gasteiger partial charge in [-0.15, -0.1) is 15.0 Å². The smallest absolute Gasteiger partial charge is 0.331 e. The minimum atomic E-state index is 0.0981. The lowest BCUT2D eigenvalue weighted by atomic mass is 10.1. The number of aromatic nitrogens is 3. The molecule has 2 N–H and O–H groups in total. The Labute approximate surface area is 116 Å². The fourth-order valence-electron chi connectivity index (χ4n) is 1.57. The van der Waals surface area contributed by atoms with Crippen molar-refractivity contribution in [1.29, 1.82) is 0 Å². The second-order valence-corrected chi connectivity index (χ2v) is 4.17. The number of aryl methyl sites for hydroxylation is 2. The molecule has 0 saturated heterocycles. The van der Waals surface area contributed by atoms with Crippen LogP contribution in [0.1, 0.15) is 11.1 Å². The first-order chi connectivity index (χ1) is 9.53. The predicted molar refractivity (Wildman–Crippen MR) is 73.3 cm³/mol. The van der Waals surface area contributed by atoms with Crippen LogP contribution in [-0.4, -0.2) is 29.2 Å². The molecule has 2 aromatic rings. The van der Waals surface area contributed by atoms with Crippen LogP contribution in [0.4, 0.5) is 5.69 Å². The van der Waals surface area contributed by atoms with E-state index < -0.39 is 0 Å². The van der Waals surface area contributed by atoms with Crippen LogP contribution in [-0.2, 0) is 0 Å². The highest BCUT2D eigenvalue weighted by molar-refractivity contribution is 5.54. The van der Waals surface area contributed by atoms with E-state index in [0.29, 0.717) is 11.4 Å². The Morgan fingerprint density at radius 1 is 0.850 bits per heavy atom. The average molecular weight is 276 g/mol. The van der Waals surface area contributed by atoms with E-state index in [0.717, 1.165) is 11.1 Å². The maximum atomic E-state index is 5.84. The largest absolute Gasteiger partial charge is 0.467 e. The van der Waals surface area contributed by atoms with Gasteiger partial charge >= 0.3 is 18.0 Å². The van der Waals surface area contributed by atoms with Gasteiger partial charge in [0.05, 0.1) is 14.2 Å². The molecule has 0 aliphatic heterocycles. The lowest BCUT2D eigenvalue weighted by Crippen LogP contribution is -2.02. The average Bonchev–Trinajstić information content (AvgIpc) is 2.44. The Bertz CT molecular complexity index is 609. The summed E-state index contributed by atoms with van der Waals surface area (Å²) in [6, 6.07) is 4.00. The molecule has 1 aromatic heterocycles. The summed E-state index contributed by atoms with van der Waals surface area (Å²) in [6.45, 7) is 3.79. The van der Waals surface area contributed by atoms with E-state index in [2.05, 4.69) is 15.0 Å². The molecule has 0 atom stereocenters. The van der Waals surface area contributed by atoms with Crippen LogP contribution in [0.2, 0.25) is 0 Å². The minimum absolute atomic E-state index is 0.0981. The van der Waals surface area contributed by atoms with E-state index in [1.165, 1.54) is 14.2 Å². The quantitative estimate of drug-likeness (QED) is 0.852. The van der Waals surface area contributed by atoms with Gasteiger partial charge in [-0.1, -0.05) is 0 Å². The third-order valence-electron chi connectivity index (χ3n) is 2.70. The van der Waals surface area contributed by atoms with Gasteiger partial charge < -0.3 is 19.9 Å². The molecule has 0 spiro atoms. The first-order valence-electron chi connectivity index (χ1n) is 5.92. The highest BCUT2D eigenvalue weighted by atomic mass is 16.5. The summed E-state index contributed by atoms with van der Waals surface area (Å²) in [7, 11) is 2.91. The summed E-state index contributed by atoms with van der Waals surface area (Å²) in [5, 5.41) is 0. The molecule has 2 rings (SSSR count). The summed E-state index contributed by atoms with van der Waals surface area (Å²) in [4.78, 5) is 11.9. The topological polar surface area (TPSA) is 92.4 Å². The van der Waals surface area contributed by atoms with E-state index >= 15 is 0 Å². The summed E-state index contributed by atoms with van der Waals surface area (Å²) in [5.74, 6) is 0.618. The third kappa shape index (κ3) is 2.87. The molecule has 1 heterocycles.